The molecule has 5 heteroatoms. The molecule has 0 spiro atoms. The first-order chi connectivity index (χ1) is 7.61. The summed E-state index contributed by atoms with van der Waals surface area (Å²) in [6.07, 6.45) is 1.79. The molecule has 1 rings (SSSR count). The molecule has 0 fully saturated rings. The molecule has 0 atom stereocenters. The van der Waals surface area contributed by atoms with Crippen LogP contribution in [0.2, 0.25) is 0 Å². The molecule has 16 heavy (non-hydrogen) atoms. The number of thioether (sulfide) groups is 1. The third kappa shape index (κ3) is 4.20. The number of carboxylic acid groups (broad SMARTS) is 1. The number of aromatic nitrogens is 1. The highest BCUT2D eigenvalue weighted by Crippen LogP contribution is 2.19. The predicted octanol–water partition coefficient (Wildman–Crippen LogP) is 2.30. The molecule has 1 aromatic heterocycles. The van der Waals surface area contributed by atoms with Gasteiger partial charge < -0.3 is 9.84 Å². The van der Waals surface area contributed by atoms with Gasteiger partial charge in [-0.15, -0.1) is 11.8 Å². The number of hydrogen-bond donors (Lipinski definition) is 1. The first-order valence-corrected chi connectivity index (χ1v) is 6.02. The van der Waals surface area contributed by atoms with Crippen LogP contribution >= 0.6 is 11.8 Å². The summed E-state index contributed by atoms with van der Waals surface area (Å²) in [5.41, 5.74) is 0.247. The average Bonchev–Trinajstić information content (AvgIpc) is 2.24. The summed E-state index contributed by atoms with van der Waals surface area (Å²) in [4.78, 5) is 14.9. The number of rotatable bonds is 6. The van der Waals surface area contributed by atoms with E-state index < -0.39 is 5.97 Å². The van der Waals surface area contributed by atoms with Gasteiger partial charge in [0.1, 0.15) is 5.03 Å². The van der Waals surface area contributed by atoms with Crippen LogP contribution in [0.4, 0.5) is 0 Å². The van der Waals surface area contributed by atoms with Crippen molar-refractivity contribution in [1.82, 2.24) is 4.98 Å². The van der Waals surface area contributed by atoms with Crippen molar-refractivity contribution < 1.29 is 14.6 Å². The molecule has 1 N–H and O–H groups in total. The van der Waals surface area contributed by atoms with Crippen molar-refractivity contribution in [2.75, 3.05) is 12.4 Å². The Bertz CT molecular complexity index is 355. The lowest BCUT2D eigenvalue weighted by Crippen LogP contribution is -2.06. The lowest BCUT2D eigenvalue weighted by Gasteiger charge is -2.07. The quantitative estimate of drug-likeness (QED) is 0.611. The molecule has 1 aromatic rings. The molecule has 88 valence electrons. The average molecular weight is 241 g/mol. The van der Waals surface area contributed by atoms with Gasteiger partial charge in [-0.3, -0.25) is 0 Å². The van der Waals surface area contributed by atoms with Crippen molar-refractivity contribution in [3.63, 3.8) is 0 Å². The second kappa shape index (κ2) is 6.50. The molecule has 1 heterocycles. The van der Waals surface area contributed by atoms with Crippen LogP contribution < -0.4 is 0 Å². The second-order valence-corrected chi connectivity index (χ2v) is 4.51. The Morgan fingerprint density at radius 1 is 1.62 bits per heavy atom. The molecule has 4 nitrogen and oxygen atoms in total. The zero-order chi connectivity index (χ0) is 12.0. The molecule has 0 aliphatic carbocycles. The molecule has 0 unspecified atom stereocenters. The predicted molar refractivity (Wildman–Crippen MR) is 63.0 cm³/mol. The van der Waals surface area contributed by atoms with E-state index in [0.29, 0.717) is 17.4 Å². The molecule has 0 saturated heterocycles. The van der Waals surface area contributed by atoms with E-state index in [2.05, 4.69) is 4.98 Å². The fourth-order valence-corrected chi connectivity index (χ4v) is 1.91. The smallest absolute Gasteiger partial charge is 0.338 e. The summed E-state index contributed by atoms with van der Waals surface area (Å²) in [5, 5.41) is 9.47. The Morgan fingerprint density at radius 2 is 2.38 bits per heavy atom. The first kappa shape index (κ1) is 13.0. The van der Waals surface area contributed by atoms with Crippen LogP contribution in [0.15, 0.2) is 23.4 Å². The van der Waals surface area contributed by atoms with Crippen LogP contribution in [-0.4, -0.2) is 34.5 Å². The molecule has 0 amide bonds. The van der Waals surface area contributed by atoms with Gasteiger partial charge in [-0.05, 0) is 26.0 Å². The number of aromatic carboxylic acids is 1. The van der Waals surface area contributed by atoms with Crippen LogP contribution in [0.3, 0.4) is 0 Å². The van der Waals surface area contributed by atoms with Crippen molar-refractivity contribution in [2.45, 2.75) is 25.0 Å². The topological polar surface area (TPSA) is 59.4 Å². The van der Waals surface area contributed by atoms with Gasteiger partial charge in [0.25, 0.3) is 0 Å². The highest BCUT2D eigenvalue weighted by molar-refractivity contribution is 7.99. The maximum Gasteiger partial charge on any atom is 0.338 e. The van der Waals surface area contributed by atoms with E-state index in [1.807, 2.05) is 13.8 Å². The van der Waals surface area contributed by atoms with Crippen molar-refractivity contribution >= 4 is 17.7 Å². The van der Waals surface area contributed by atoms with E-state index in [4.69, 9.17) is 9.84 Å². The molecule has 0 aliphatic heterocycles. The summed E-state index contributed by atoms with van der Waals surface area (Å²) in [7, 11) is 0. The molecule has 0 radical (unpaired) electrons. The van der Waals surface area contributed by atoms with Gasteiger partial charge >= 0.3 is 5.97 Å². The van der Waals surface area contributed by atoms with E-state index in [-0.39, 0.29) is 11.7 Å². The Labute approximate surface area is 99.0 Å². The molecular weight excluding hydrogens is 226 g/mol. The third-order valence-corrected chi connectivity index (χ3v) is 2.74. The highest BCUT2D eigenvalue weighted by atomic mass is 32.2. The van der Waals surface area contributed by atoms with Crippen LogP contribution in [0, 0.1) is 0 Å². The van der Waals surface area contributed by atoms with Gasteiger partial charge in [-0.2, -0.15) is 0 Å². The van der Waals surface area contributed by atoms with E-state index >= 15 is 0 Å². The maximum absolute atomic E-state index is 10.9. The Hall–Kier alpha value is -1.07. The monoisotopic (exact) mass is 241 g/mol. The fourth-order valence-electron chi connectivity index (χ4n) is 1.09. The third-order valence-electron chi connectivity index (χ3n) is 1.77. The number of nitrogens with zero attached hydrogens (tertiary/aromatic N) is 1. The van der Waals surface area contributed by atoms with Crippen LogP contribution in [0.1, 0.15) is 24.2 Å². The minimum atomic E-state index is -0.944. The molecule has 0 aliphatic rings. The lowest BCUT2D eigenvalue weighted by atomic mass is 10.3. The van der Waals surface area contributed by atoms with E-state index in [1.54, 1.807) is 18.3 Å². The fraction of sp³-hybridized carbons (Fsp3) is 0.455. The molecular formula is C11H15NO3S. The number of ether oxygens (including phenoxy) is 1. The standard InChI is InChI=1S/C11H15NO3S/c1-8(2)15-6-7-16-10-9(11(13)14)4-3-5-12-10/h3-5,8H,6-7H2,1-2H3,(H,13,14). The number of pyridine rings is 1. The zero-order valence-corrected chi connectivity index (χ0v) is 10.2. The van der Waals surface area contributed by atoms with Gasteiger partial charge in [0, 0.05) is 11.9 Å². The zero-order valence-electron chi connectivity index (χ0n) is 9.34. The normalized spacial score (nSPS) is 10.7. The molecule has 0 aromatic carbocycles. The van der Waals surface area contributed by atoms with Crippen molar-refractivity contribution in [3.05, 3.63) is 23.9 Å². The van der Waals surface area contributed by atoms with E-state index in [1.165, 1.54) is 11.8 Å². The number of hydrogen-bond acceptors (Lipinski definition) is 4. The number of carbonyl (C=O) groups is 1. The van der Waals surface area contributed by atoms with Gasteiger partial charge in [-0.1, -0.05) is 0 Å². The first-order valence-electron chi connectivity index (χ1n) is 5.04. The Morgan fingerprint density at radius 3 is 3.00 bits per heavy atom. The second-order valence-electron chi connectivity index (χ2n) is 3.43. The van der Waals surface area contributed by atoms with Gasteiger partial charge in [0.2, 0.25) is 0 Å². The van der Waals surface area contributed by atoms with Gasteiger partial charge in [-0.25, -0.2) is 9.78 Å². The summed E-state index contributed by atoms with van der Waals surface area (Å²) in [6, 6.07) is 3.18. The van der Waals surface area contributed by atoms with E-state index in [0.717, 1.165) is 0 Å². The summed E-state index contributed by atoms with van der Waals surface area (Å²) >= 11 is 1.40. The number of carboxylic acids is 1. The summed E-state index contributed by atoms with van der Waals surface area (Å²) in [6.45, 7) is 4.53. The Kier molecular flexibility index (Phi) is 5.28. The lowest BCUT2D eigenvalue weighted by molar-refractivity contribution is 0.0692. The van der Waals surface area contributed by atoms with Crippen molar-refractivity contribution in [3.8, 4) is 0 Å². The van der Waals surface area contributed by atoms with Crippen molar-refractivity contribution in [2.24, 2.45) is 0 Å². The van der Waals surface area contributed by atoms with Crippen LogP contribution in [0.5, 0.6) is 0 Å². The van der Waals surface area contributed by atoms with Crippen LogP contribution in [0.25, 0.3) is 0 Å². The van der Waals surface area contributed by atoms with Crippen molar-refractivity contribution in [1.29, 1.82) is 0 Å². The largest absolute Gasteiger partial charge is 0.478 e. The van der Waals surface area contributed by atoms with Gasteiger partial charge in [0.15, 0.2) is 0 Å². The molecule has 0 saturated carbocycles. The summed E-state index contributed by atoms with van der Waals surface area (Å²) < 4.78 is 5.37. The molecule has 0 bridgehead atoms. The Balaban J connectivity index is 2.50. The summed E-state index contributed by atoms with van der Waals surface area (Å²) in [5.74, 6) is -0.240. The minimum absolute atomic E-state index is 0.197. The van der Waals surface area contributed by atoms with E-state index in [9.17, 15) is 4.79 Å². The van der Waals surface area contributed by atoms with Gasteiger partial charge in [0.05, 0.1) is 18.3 Å². The highest BCUT2D eigenvalue weighted by Gasteiger charge is 2.10. The van der Waals surface area contributed by atoms with Crippen LogP contribution in [-0.2, 0) is 4.74 Å². The maximum atomic E-state index is 10.9. The minimum Gasteiger partial charge on any atom is -0.478 e. The SMILES string of the molecule is CC(C)OCCSc1ncccc1C(=O)O.